The first-order chi connectivity index (χ1) is 9.88. The second-order valence-electron chi connectivity index (χ2n) is 4.53. The Bertz CT molecular complexity index is 728. The molecule has 21 heavy (non-hydrogen) atoms. The average Bonchev–Trinajstić information content (AvgIpc) is 2.42. The molecule has 0 radical (unpaired) electrons. The van der Waals surface area contributed by atoms with Gasteiger partial charge in [0.05, 0.1) is 16.6 Å². The van der Waals surface area contributed by atoms with E-state index in [0.717, 1.165) is 11.6 Å². The molecule has 5 nitrogen and oxygen atoms in total. The van der Waals surface area contributed by atoms with Crippen LogP contribution in [0.15, 0.2) is 36.4 Å². The van der Waals surface area contributed by atoms with Crippen molar-refractivity contribution in [1.29, 1.82) is 0 Å². The predicted molar refractivity (Wildman–Crippen MR) is 74.3 cm³/mol. The Balaban J connectivity index is 2.41. The van der Waals surface area contributed by atoms with Crippen LogP contribution in [-0.4, -0.2) is 10.7 Å². The number of carbonyl (C=O) groups is 1. The van der Waals surface area contributed by atoms with Crippen LogP contribution in [0.25, 0.3) is 0 Å². The van der Waals surface area contributed by atoms with Crippen molar-refractivity contribution >= 4 is 11.5 Å². The van der Waals surface area contributed by atoms with E-state index < -0.39 is 16.5 Å². The zero-order valence-corrected chi connectivity index (χ0v) is 11.4. The number of hydrogen-bond donors (Lipinski definition) is 0. The summed E-state index contributed by atoms with van der Waals surface area (Å²) in [4.78, 5) is 21.6. The van der Waals surface area contributed by atoms with Gasteiger partial charge in [-0.15, -0.1) is 0 Å². The Morgan fingerprint density at radius 2 is 1.95 bits per heavy atom. The molecule has 0 N–H and O–H groups in total. The van der Waals surface area contributed by atoms with E-state index in [1.54, 1.807) is 13.0 Å². The van der Waals surface area contributed by atoms with Crippen molar-refractivity contribution in [3.05, 3.63) is 63.5 Å². The van der Waals surface area contributed by atoms with Gasteiger partial charge in [-0.2, -0.15) is 0 Å². The maximum atomic E-state index is 13.6. The molecule has 2 aromatic carbocycles. The third-order valence-corrected chi connectivity index (χ3v) is 2.86. The molecule has 0 aromatic heterocycles. The summed E-state index contributed by atoms with van der Waals surface area (Å²) < 4.78 is 18.9. The number of Topliss-reactive ketones (excluding diaryl/α,β-unsaturated/α-hetero) is 1. The van der Waals surface area contributed by atoms with Crippen LogP contribution in [0.4, 0.5) is 10.1 Å². The predicted octanol–water partition coefficient (Wildman–Crippen LogP) is 4.04. The zero-order chi connectivity index (χ0) is 15.6. The van der Waals surface area contributed by atoms with Gasteiger partial charge in [0.25, 0.3) is 5.69 Å². The summed E-state index contributed by atoms with van der Waals surface area (Å²) in [7, 11) is 0. The maximum Gasteiger partial charge on any atom is 0.283 e. The largest absolute Gasteiger partial charge is 0.454 e. The fourth-order valence-electron chi connectivity index (χ4n) is 1.84. The Morgan fingerprint density at radius 3 is 2.57 bits per heavy atom. The SMILES string of the molecule is CC(=O)c1ccc(Oc2cc(C)ccc2F)cc1[N+](=O)[O-]. The summed E-state index contributed by atoms with van der Waals surface area (Å²) in [6.07, 6.45) is 0. The normalized spacial score (nSPS) is 10.2. The number of benzene rings is 2. The number of nitrogens with zero attached hydrogens (tertiary/aromatic N) is 1. The third kappa shape index (κ3) is 3.22. The van der Waals surface area contributed by atoms with Gasteiger partial charge in [0.15, 0.2) is 17.3 Å². The minimum atomic E-state index is -0.670. The Labute approximate surface area is 120 Å². The van der Waals surface area contributed by atoms with E-state index in [2.05, 4.69) is 0 Å². The fourth-order valence-corrected chi connectivity index (χ4v) is 1.84. The number of ketones is 1. The van der Waals surface area contributed by atoms with Crippen molar-refractivity contribution < 1.29 is 18.8 Å². The average molecular weight is 289 g/mol. The quantitative estimate of drug-likeness (QED) is 0.484. The van der Waals surface area contributed by atoms with Crippen LogP contribution >= 0.6 is 0 Å². The standard InChI is InChI=1S/C15H12FNO4/c1-9-3-6-13(16)15(7-9)21-11-4-5-12(10(2)18)14(8-11)17(19)20/h3-8H,1-2H3. The van der Waals surface area contributed by atoms with E-state index in [9.17, 15) is 19.3 Å². The summed E-state index contributed by atoms with van der Waals surface area (Å²) in [6, 6.07) is 8.13. The first-order valence-corrected chi connectivity index (χ1v) is 6.12. The lowest BCUT2D eigenvalue weighted by molar-refractivity contribution is -0.385. The van der Waals surface area contributed by atoms with Crippen LogP contribution in [0.2, 0.25) is 0 Å². The monoisotopic (exact) mass is 289 g/mol. The first-order valence-electron chi connectivity index (χ1n) is 6.12. The van der Waals surface area contributed by atoms with Gasteiger partial charge in [-0.3, -0.25) is 14.9 Å². The van der Waals surface area contributed by atoms with Gasteiger partial charge < -0.3 is 4.74 Å². The van der Waals surface area contributed by atoms with Crippen molar-refractivity contribution in [3.8, 4) is 11.5 Å². The number of hydrogen-bond acceptors (Lipinski definition) is 4. The number of rotatable bonds is 4. The van der Waals surface area contributed by atoms with Gasteiger partial charge in [-0.1, -0.05) is 6.07 Å². The molecule has 6 heteroatoms. The maximum absolute atomic E-state index is 13.6. The molecule has 0 saturated carbocycles. The van der Waals surface area contributed by atoms with E-state index in [1.807, 2.05) is 0 Å². The highest BCUT2D eigenvalue weighted by Crippen LogP contribution is 2.30. The molecular formula is C15H12FNO4. The number of halogens is 1. The van der Waals surface area contributed by atoms with Gasteiger partial charge in [0.1, 0.15) is 5.75 Å². The van der Waals surface area contributed by atoms with Crippen molar-refractivity contribution in [3.63, 3.8) is 0 Å². The van der Waals surface area contributed by atoms with E-state index in [1.165, 1.54) is 31.2 Å². The third-order valence-electron chi connectivity index (χ3n) is 2.86. The first kappa shape index (κ1) is 14.6. The molecule has 2 rings (SSSR count). The van der Waals surface area contributed by atoms with E-state index in [-0.39, 0.29) is 22.7 Å². The molecule has 0 aliphatic heterocycles. The summed E-state index contributed by atoms with van der Waals surface area (Å²) in [5.41, 5.74) is 0.409. The summed E-state index contributed by atoms with van der Waals surface area (Å²) >= 11 is 0. The molecule has 0 unspecified atom stereocenters. The molecule has 0 fully saturated rings. The highest BCUT2D eigenvalue weighted by Gasteiger charge is 2.19. The molecular weight excluding hydrogens is 277 g/mol. The highest BCUT2D eigenvalue weighted by atomic mass is 19.1. The number of nitro benzene ring substituents is 1. The van der Waals surface area contributed by atoms with Crippen molar-refractivity contribution in [2.45, 2.75) is 13.8 Å². The fraction of sp³-hybridized carbons (Fsp3) is 0.133. The second kappa shape index (κ2) is 5.70. The molecule has 0 heterocycles. The highest BCUT2D eigenvalue weighted by molar-refractivity contribution is 5.98. The minimum Gasteiger partial charge on any atom is -0.454 e. The van der Waals surface area contributed by atoms with Crippen LogP contribution in [-0.2, 0) is 0 Å². The molecule has 0 amide bonds. The van der Waals surface area contributed by atoms with Crippen molar-refractivity contribution in [1.82, 2.24) is 0 Å². The Kier molecular flexibility index (Phi) is 3.98. The number of carbonyl (C=O) groups excluding carboxylic acids is 1. The topological polar surface area (TPSA) is 69.4 Å². The van der Waals surface area contributed by atoms with Gasteiger partial charge in [-0.05, 0) is 43.7 Å². The Morgan fingerprint density at radius 1 is 1.24 bits per heavy atom. The zero-order valence-electron chi connectivity index (χ0n) is 11.4. The van der Waals surface area contributed by atoms with E-state index >= 15 is 0 Å². The second-order valence-corrected chi connectivity index (χ2v) is 4.53. The van der Waals surface area contributed by atoms with Crippen LogP contribution in [0.5, 0.6) is 11.5 Å². The summed E-state index contributed by atoms with van der Waals surface area (Å²) in [5, 5.41) is 11.0. The lowest BCUT2D eigenvalue weighted by Crippen LogP contribution is -2.00. The van der Waals surface area contributed by atoms with E-state index in [0.29, 0.717) is 0 Å². The molecule has 0 spiro atoms. The summed E-state index contributed by atoms with van der Waals surface area (Å²) in [6.45, 7) is 3.01. The van der Waals surface area contributed by atoms with Crippen molar-refractivity contribution in [2.24, 2.45) is 0 Å². The summed E-state index contributed by atoms with van der Waals surface area (Å²) in [5.74, 6) is -0.926. The van der Waals surface area contributed by atoms with Crippen LogP contribution < -0.4 is 4.74 Å². The van der Waals surface area contributed by atoms with Gasteiger partial charge in [-0.25, -0.2) is 4.39 Å². The van der Waals surface area contributed by atoms with Gasteiger partial charge in [0, 0.05) is 0 Å². The molecule has 0 saturated heterocycles. The van der Waals surface area contributed by atoms with E-state index in [4.69, 9.17) is 4.74 Å². The van der Waals surface area contributed by atoms with Crippen LogP contribution in [0.1, 0.15) is 22.8 Å². The molecule has 2 aromatic rings. The molecule has 0 aliphatic rings. The minimum absolute atomic E-state index is 0.0166. The molecule has 0 atom stereocenters. The molecule has 108 valence electrons. The number of ether oxygens (including phenoxy) is 1. The molecule has 0 aliphatic carbocycles. The lowest BCUT2D eigenvalue weighted by atomic mass is 10.1. The van der Waals surface area contributed by atoms with Crippen molar-refractivity contribution in [2.75, 3.05) is 0 Å². The van der Waals surface area contributed by atoms with Crippen LogP contribution in [0.3, 0.4) is 0 Å². The van der Waals surface area contributed by atoms with Gasteiger partial charge >= 0.3 is 0 Å². The lowest BCUT2D eigenvalue weighted by Gasteiger charge is -2.08. The number of nitro groups is 1. The van der Waals surface area contributed by atoms with Crippen LogP contribution in [0, 0.1) is 22.9 Å². The van der Waals surface area contributed by atoms with Gasteiger partial charge in [0.2, 0.25) is 0 Å². The molecule has 0 bridgehead atoms. The number of aryl methyl sites for hydroxylation is 1. The smallest absolute Gasteiger partial charge is 0.283 e. The Hall–Kier alpha value is -2.76.